The van der Waals surface area contributed by atoms with Gasteiger partial charge in [0.05, 0.1) is 22.6 Å². The van der Waals surface area contributed by atoms with Gasteiger partial charge in [0.2, 0.25) is 5.91 Å². The van der Waals surface area contributed by atoms with E-state index >= 15 is 0 Å². The van der Waals surface area contributed by atoms with E-state index in [9.17, 15) is 23.3 Å². The number of nitro benzene ring substituents is 1. The highest BCUT2D eigenvalue weighted by molar-refractivity contribution is 7.92. The molecule has 0 bridgehead atoms. The van der Waals surface area contributed by atoms with E-state index in [4.69, 9.17) is 16.3 Å². The predicted octanol–water partition coefficient (Wildman–Crippen LogP) is 4.07. The van der Waals surface area contributed by atoms with E-state index in [1.165, 1.54) is 44.4 Å². The van der Waals surface area contributed by atoms with Gasteiger partial charge in [0.25, 0.3) is 15.7 Å². The van der Waals surface area contributed by atoms with Gasteiger partial charge >= 0.3 is 0 Å². The molecule has 0 aliphatic rings. The first kappa shape index (κ1) is 25.4. The molecule has 1 amide bonds. The Morgan fingerprint density at radius 1 is 1.28 bits per heavy atom. The molecule has 1 N–H and O–H groups in total. The van der Waals surface area contributed by atoms with Crippen molar-refractivity contribution < 1.29 is 22.9 Å². The van der Waals surface area contributed by atoms with Crippen LogP contribution in [-0.4, -0.2) is 38.9 Å². The molecule has 0 aliphatic heterocycles. The van der Waals surface area contributed by atoms with E-state index in [2.05, 4.69) is 5.32 Å². The summed E-state index contributed by atoms with van der Waals surface area (Å²) >= 11 is 6.10. The fourth-order valence-electron chi connectivity index (χ4n) is 3.19. The first-order valence-corrected chi connectivity index (χ1v) is 11.7. The number of methoxy groups -OCH3 is 1. The van der Waals surface area contributed by atoms with Gasteiger partial charge in [-0.3, -0.25) is 19.2 Å². The number of amides is 1. The van der Waals surface area contributed by atoms with Crippen molar-refractivity contribution in [2.45, 2.75) is 44.6 Å². The van der Waals surface area contributed by atoms with Gasteiger partial charge in [-0.15, -0.1) is 0 Å². The van der Waals surface area contributed by atoms with Crippen LogP contribution in [0.3, 0.4) is 0 Å². The number of halogens is 1. The molecule has 2 aromatic rings. The van der Waals surface area contributed by atoms with E-state index in [1.807, 2.05) is 13.8 Å². The third-order valence-electron chi connectivity index (χ3n) is 4.79. The van der Waals surface area contributed by atoms with Crippen molar-refractivity contribution in [2.24, 2.45) is 0 Å². The van der Waals surface area contributed by atoms with Gasteiger partial charge in [-0.05, 0) is 44.5 Å². The maximum absolute atomic E-state index is 13.6. The molecule has 0 aromatic heterocycles. The van der Waals surface area contributed by atoms with Crippen LogP contribution in [-0.2, 0) is 14.8 Å². The lowest BCUT2D eigenvalue weighted by Gasteiger charge is -2.26. The summed E-state index contributed by atoms with van der Waals surface area (Å²) in [5, 5.41) is 14.3. The molecular formula is C21H26ClN3O6S. The molecule has 0 spiro atoms. The molecule has 0 aliphatic carbocycles. The molecule has 2 aromatic carbocycles. The smallest absolute Gasteiger partial charge is 0.273 e. The number of benzene rings is 2. The van der Waals surface area contributed by atoms with Crippen molar-refractivity contribution in [2.75, 3.05) is 18.0 Å². The van der Waals surface area contributed by atoms with Crippen LogP contribution < -0.4 is 14.4 Å². The number of anilines is 1. The zero-order valence-corrected chi connectivity index (χ0v) is 19.9. The summed E-state index contributed by atoms with van der Waals surface area (Å²) in [6, 6.07) is 7.81. The highest BCUT2D eigenvalue weighted by Crippen LogP contribution is 2.35. The molecule has 2 rings (SSSR count). The van der Waals surface area contributed by atoms with Crippen LogP contribution in [0.25, 0.3) is 0 Å². The molecule has 0 radical (unpaired) electrons. The zero-order chi connectivity index (χ0) is 24.1. The van der Waals surface area contributed by atoms with E-state index in [1.54, 1.807) is 0 Å². The van der Waals surface area contributed by atoms with Crippen molar-refractivity contribution in [3.8, 4) is 5.75 Å². The Morgan fingerprint density at radius 3 is 2.56 bits per heavy atom. The molecule has 32 heavy (non-hydrogen) atoms. The number of nitrogens with one attached hydrogen (secondary N) is 1. The Morgan fingerprint density at radius 2 is 1.97 bits per heavy atom. The lowest BCUT2D eigenvalue weighted by molar-refractivity contribution is -0.385. The van der Waals surface area contributed by atoms with Crippen LogP contribution in [0.2, 0.25) is 5.02 Å². The van der Waals surface area contributed by atoms with Crippen molar-refractivity contribution in [1.82, 2.24) is 5.32 Å². The Bertz CT molecular complexity index is 1110. The molecular weight excluding hydrogens is 458 g/mol. The number of sulfonamides is 1. The molecule has 0 saturated carbocycles. The van der Waals surface area contributed by atoms with Gasteiger partial charge < -0.3 is 10.1 Å². The Hall–Kier alpha value is -2.85. The largest absolute Gasteiger partial charge is 0.495 e. The second-order valence-electron chi connectivity index (χ2n) is 7.29. The Labute approximate surface area is 192 Å². The number of ether oxygens (including phenoxy) is 1. The maximum Gasteiger partial charge on any atom is 0.273 e. The summed E-state index contributed by atoms with van der Waals surface area (Å²) in [4.78, 5) is 23.1. The summed E-state index contributed by atoms with van der Waals surface area (Å²) in [6.45, 7) is 4.74. The lowest BCUT2D eigenvalue weighted by atomic mass is 10.2. The van der Waals surface area contributed by atoms with Crippen molar-refractivity contribution in [3.63, 3.8) is 0 Å². The molecule has 1 atom stereocenters. The lowest BCUT2D eigenvalue weighted by Crippen LogP contribution is -2.43. The molecule has 9 nitrogen and oxygen atoms in total. The number of rotatable bonds is 10. The summed E-state index contributed by atoms with van der Waals surface area (Å²) in [6.07, 6.45) is 1.57. The molecule has 0 heterocycles. The summed E-state index contributed by atoms with van der Waals surface area (Å²) in [5.41, 5.74) is 0.0126. The fraction of sp³-hybridized carbons (Fsp3) is 0.381. The van der Waals surface area contributed by atoms with Gasteiger partial charge in [0.15, 0.2) is 0 Å². The maximum atomic E-state index is 13.6. The molecule has 0 fully saturated rings. The number of carbonyl (C=O) groups is 1. The van der Waals surface area contributed by atoms with Crippen LogP contribution in [0, 0.1) is 17.0 Å². The third-order valence-corrected chi connectivity index (χ3v) is 6.78. The third kappa shape index (κ3) is 5.89. The fourth-order valence-corrected chi connectivity index (χ4v) is 4.80. The highest BCUT2D eigenvalue weighted by Gasteiger charge is 2.31. The number of aryl methyl sites for hydroxylation is 1. The van der Waals surface area contributed by atoms with Crippen LogP contribution in [0.15, 0.2) is 41.3 Å². The Balaban J connectivity index is 2.60. The number of nitrogens with zero attached hydrogens (tertiary/aromatic N) is 2. The average Bonchev–Trinajstić information content (AvgIpc) is 2.72. The van der Waals surface area contributed by atoms with Gasteiger partial charge in [-0.2, -0.15) is 0 Å². The van der Waals surface area contributed by atoms with Crippen LogP contribution in [0.1, 0.15) is 32.3 Å². The minimum Gasteiger partial charge on any atom is -0.495 e. The summed E-state index contributed by atoms with van der Waals surface area (Å²) in [5.74, 6) is -0.354. The summed E-state index contributed by atoms with van der Waals surface area (Å²) < 4.78 is 33.3. The van der Waals surface area contributed by atoms with Crippen LogP contribution in [0.4, 0.5) is 11.4 Å². The first-order valence-electron chi connectivity index (χ1n) is 9.92. The second kappa shape index (κ2) is 10.6. The van der Waals surface area contributed by atoms with E-state index in [-0.39, 0.29) is 33.1 Å². The standard InChI is InChI=1S/C21H26ClN3O6S/c1-5-6-15(3)23-21(26)13-24(19-11-16(22)8-10-20(19)31-4)32(29,30)17-9-7-14(2)18(12-17)25(27)28/h7-12,15H,5-6,13H2,1-4H3,(H,23,26)/t15-/m0/s1. The van der Waals surface area contributed by atoms with E-state index < -0.39 is 27.4 Å². The number of carbonyl (C=O) groups excluding carboxylic acids is 1. The van der Waals surface area contributed by atoms with E-state index in [0.29, 0.717) is 5.56 Å². The number of hydrogen-bond acceptors (Lipinski definition) is 6. The minimum atomic E-state index is -4.39. The Kier molecular flexibility index (Phi) is 8.45. The molecule has 174 valence electrons. The zero-order valence-electron chi connectivity index (χ0n) is 18.3. The predicted molar refractivity (Wildman–Crippen MR) is 123 cm³/mol. The van der Waals surface area contributed by atoms with Gasteiger partial charge in [-0.25, -0.2) is 8.42 Å². The van der Waals surface area contributed by atoms with Crippen LogP contribution >= 0.6 is 11.6 Å². The van der Waals surface area contributed by atoms with Crippen molar-refractivity contribution in [1.29, 1.82) is 0 Å². The van der Waals surface area contributed by atoms with Gasteiger partial charge in [-0.1, -0.05) is 31.0 Å². The monoisotopic (exact) mass is 483 g/mol. The normalized spacial score (nSPS) is 12.2. The second-order valence-corrected chi connectivity index (χ2v) is 9.59. The van der Waals surface area contributed by atoms with E-state index in [0.717, 1.165) is 23.2 Å². The SMILES string of the molecule is CCC[C@H](C)NC(=O)CN(c1cc(Cl)ccc1OC)S(=O)(=O)c1ccc(C)c([N+](=O)[O-])c1. The average molecular weight is 484 g/mol. The minimum absolute atomic E-state index is 0.0431. The van der Waals surface area contributed by atoms with Gasteiger partial charge in [0, 0.05) is 22.7 Å². The van der Waals surface area contributed by atoms with Crippen molar-refractivity contribution in [3.05, 3.63) is 57.1 Å². The molecule has 11 heteroatoms. The van der Waals surface area contributed by atoms with Crippen molar-refractivity contribution >= 4 is 38.9 Å². The first-order chi connectivity index (χ1) is 15.0. The molecule has 0 saturated heterocycles. The number of hydrogen-bond donors (Lipinski definition) is 1. The topological polar surface area (TPSA) is 119 Å². The summed E-state index contributed by atoms with van der Waals surface area (Å²) in [7, 11) is -3.03. The molecule has 0 unspecified atom stereocenters. The highest BCUT2D eigenvalue weighted by atomic mass is 35.5. The van der Waals surface area contributed by atoms with Gasteiger partial charge in [0.1, 0.15) is 12.3 Å². The number of nitro groups is 1. The quantitative estimate of drug-likeness (QED) is 0.402. The van der Waals surface area contributed by atoms with Crippen LogP contribution in [0.5, 0.6) is 5.75 Å².